The van der Waals surface area contributed by atoms with Crippen molar-refractivity contribution >= 4 is 22.4 Å². The first-order chi connectivity index (χ1) is 10.5. The highest BCUT2D eigenvalue weighted by atomic mass is 35.5. The summed E-state index contributed by atoms with van der Waals surface area (Å²) in [5.41, 5.74) is 0.271. The molecule has 0 atom stereocenters. The van der Waals surface area contributed by atoms with Crippen molar-refractivity contribution < 1.29 is 13.2 Å². The normalized spacial score (nSPS) is 17.0. The number of benzene rings is 1. The number of halogens is 1. The zero-order valence-corrected chi connectivity index (χ0v) is 14.7. The Bertz CT molecular complexity index is 629. The third-order valence-corrected chi connectivity index (χ3v) is 5.46. The van der Waals surface area contributed by atoms with Gasteiger partial charge in [0.15, 0.2) is 0 Å². The second-order valence-corrected chi connectivity index (χ2v) is 7.41. The molecule has 6 nitrogen and oxygen atoms in total. The highest BCUT2D eigenvalue weighted by Crippen LogP contribution is 2.28. The molecular weight excluding hydrogens is 338 g/mol. The lowest BCUT2D eigenvalue weighted by atomic mass is 9.80. The number of piperidine rings is 1. The number of nitrogens with one attached hydrogen (secondary N) is 2. The van der Waals surface area contributed by atoms with E-state index in [-0.39, 0.29) is 22.7 Å². The zero-order chi connectivity index (χ0) is 16.1. The summed E-state index contributed by atoms with van der Waals surface area (Å²) < 4.78 is 32.7. The molecule has 1 aliphatic heterocycles. The van der Waals surface area contributed by atoms with E-state index in [1.165, 1.54) is 24.3 Å². The molecule has 23 heavy (non-hydrogen) atoms. The molecule has 0 aromatic heterocycles. The zero-order valence-electron chi connectivity index (χ0n) is 13.0. The molecule has 1 heterocycles. The first kappa shape index (κ1) is 19.9. The van der Waals surface area contributed by atoms with Gasteiger partial charge in [-0.15, -0.1) is 12.4 Å². The largest absolute Gasteiger partial charge is 0.384 e. The quantitative estimate of drug-likeness (QED) is 0.798. The van der Waals surface area contributed by atoms with Crippen molar-refractivity contribution in [2.24, 2.45) is 5.41 Å². The average Bonchev–Trinajstić information content (AvgIpc) is 2.54. The minimum absolute atomic E-state index is 0. The van der Waals surface area contributed by atoms with Crippen LogP contribution in [0.2, 0.25) is 0 Å². The molecule has 0 radical (unpaired) electrons. The number of hydrogen-bond acceptors (Lipinski definition) is 5. The van der Waals surface area contributed by atoms with E-state index in [1.807, 2.05) is 6.07 Å². The van der Waals surface area contributed by atoms with Crippen LogP contribution in [-0.4, -0.2) is 41.8 Å². The highest BCUT2D eigenvalue weighted by Gasteiger charge is 2.33. The van der Waals surface area contributed by atoms with Gasteiger partial charge in [0.2, 0.25) is 10.0 Å². The van der Waals surface area contributed by atoms with Gasteiger partial charge in [-0.2, -0.15) is 5.26 Å². The molecular formula is C15H22ClN3O3S. The summed E-state index contributed by atoms with van der Waals surface area (Å²) in [6, 6.07) is 7.88. The molecule has 1 aromatic carbocycles. The van der Waals surface area contributed by atoms with Crippen LogP contribution in [0.5, 0.6) is 0 Å². The van der Waals surface area contributed by atoms with Gasteiger partial charge in [0.25, 0.3) is 0 Å². The van der Waals surface area contributed by atoms with Crippen LogP contribution in [0.15, 0.2) is 29.2 Å². The Labute approximate surface area is 143 Å². The number of sulfonamides is 1. The van der Waals surface area contributed by atoms with Crippen LogP contribution in [0, 0.1) is 16.7 Å². The molecule has 8 heteroatoms. The van der Waals surface area contributed by atoms with Crippen molar-refractivity contribution in [3.05, 3.63) is 29.8 Å². The molecule has 0 bridgehead atoms. The van der Waals surface area contributed by atoms with Gasteiger partial charge in [-0.05, 0) is 50.2 Å². The third kappa shape index (κ3) is 5.16. The monoisotopic (exact) mass is 359 g/mol. The number of ether oxygens (including phenoxy) is 1. The van der Waals surface area contributed by atoms with Gasteiger partial charge >= 0.3 is 0 Å². The molecule has 0 spiro atoms. The molecule has 1 saturated heterocycles. The fourth-order valence-electron chi connectivity index (χ4n) is 2.68. The first-order valence-electron chi connectivity index (χ1n) is 7.21. The van der Waals surface area contributed by atoms with Crippen LogP contribution in [0.1, 0.15) is 18.4 Å². The van der Waals surface area contributed by atoms with Gasteiger partial charge in [0.1, 0.15) is 0 Å². The molecule has 0 amide bonds. The third-order valence-electron chi connectivity index (χ3n) is 4.05. The molecule has 0 saturated carbocycles. The van der Waals surface area contributed by atoms with E-state index in [9.17, 15) is 8.42 Å². The van der Waals surface area contributed by atoms with E-state index in [0.717, 1.165) is 25.9 Å². The lowest BCUT2D eigenvalue weighted by molar-refractivity contribution is 0.0577. The van der Waals surface area contributed by atoms with Crippen LogP contribution in [0.4, 0.5) is 0 Å². The van der Waals surface area contributed by atoms with Crippen molar-refractivity contribution in [3.63, 3.8) is 0 Å². The van der Waals surface area contributed by atoms with Crippen LogP contribution in [-0.2, 0) is 14.8 Å². The van der Waals surface area contributed by atoms with Gasteiger partial charge in [-0.25, -0.2) is 13.1 Å². The van der Waals surface area contributed by atoms with E-state index in [1.54, 1.807) is 7.11 Å². The SMILES string of the molecule is COCC1(CNS(=O)(=O)c2ccc(C#N)cc2)CCNCC1.Cl. The van der Waals surface area contributed by atoms with E-state index >= 15 is 0 Å². The van der Waals surface area contributed by atoms with E-state index in [4.69, 9.17) is 10.00 Å². The maximum atomic E-state index is 12.4. The Kier molecular flexibility index (Phi) is 7.45. The van der Waals surface area contributed by atoms with Crippen molar-refractivity contribution in [3.8, 4) is 6.07 Å². The van der Waals surface area contributed by atoms with Gasteiger partial charge in [-0.1, -0.05) is 0 Å². The molecule has 128 valence electrons. The molecule has 2 N–H and O–H groups in total. The van der Waals surface area contributed by atoms with Crippen molar-refractivity contribution in [1.29, 1.82) is 5.26 Å². The number of nitrogens with zero attached hydrogens (tertiary/aromatic N) is 1. The predicted octanol–water partition coefficient (Wildman–Crippen LogP) is 1.27. The summed E-state index contributed by atoms with van der Waals surface area (Å²) in [5, 5.41) is 12.0. The van der Waals surface area contributed by atoms with Crippen LogP contribution >= 0.6 is 12.4 Å². The van der Waals surface area contributed by atoms with Gasteiger partial charge < -0.3 is 10.1 Å². The molecule has 0 unspecified atom stereocenters. The number of methoxy groups -OCH3 is 1. The summed E-state index contributed by atoms with van der Waals surface area (Å²) in [5.74, 6) is 0. The first-order valence-corrected chi connectivity index (χ1v) is 8.69. The second kappa shape index (κ2) is 8.62. The molecule has 2 rings (SSSR count). The Morgan fingerprint density at radius 2 is 1.91 bits per heavy atom. The number of rotatable bonds is 6. The van der Waals surface area contributed by atoms with E-state index in [2.05, 4.69) is 10.0 Å². The second-order valence-electron chi connectivity index (χ2n) is 5.64. The fourth-order valence-corrected chi connectivity index (χ4v) is 3.83. The Morgan fingerprint density at radius 3 is 2.43 bits per heavy atom. The lowest BCUT2D eigenvalue weighted by Gasteiger charge is -2.37. The van der Waals surface area contributed by atoms with Gasteiger partial charge in [-0.3, -0.25) is 0 Å². The standard InChI is InChI=1S/C15H21N3O3S.ClH/c1-21-12-15(6-8-17-9-7-15)11-18-22(19,20)14-4-2-13(10-16)3-5-14;/h2-5,17-18H,6-9,11-12H2,1H3;1H. The average molecular weight is 360 g/mol. The summed E-state index contributed by atoms with van der Waals surface area (Å²) in [6.07, 6.45) is 1.74. The Balaban J connectivity index is 0.00000264. The summed E-state index contributed by atoms with van der Waals surface area (Å²) in [4.78, 5) is 0.174. The van der Waals surface area contributed by atoms with Crippen LogP contribution in [0.25, 0.3) is 0 Å². The topological polar surface area (TPSA) is 91.2 Å². The minimum Gasteiger partial charge on any atom is -0.384 e. The summed E-state index contributed by atoms with van der Waals surface area (Å²) in [6.45, 7) is 2.61. The summed E-state index contributed by atoms with van der Waals surface area (Å²) >= 11 is 0. The van der Waals surface area contributed by atoms with Crippen molar-refractivity contribution in [2.45, 2.75) is 17.7 Å². The molecule has 0 aliphatic carbocycles. The number of nitriles is 1. The Hall–Kier alpha value is -1.17. The number of hydrogen-bond donors (Lipinski definition) is 2. The maximum Gasteiger partial charge on any atom is 0.240 e. The smallest absolute Gasteiger partial charge is 0.240 e. The van der Waals surface area contributed by atoms with E-state index in [0.29, 0.717) is 18.7 Å². The van der Waals surface area contributed by atoms with Crippen molar-refractivity contribution in [1.82, 2.24) is 10.0 Å². The maximum absolute atomic E-state index is 12.4. The molecule has 1 aromatic rings. The van der Waals surface area contributed by atoms with E-state index < -0.39 is 10.0 Å². The van der Waals surface area contributed by atoms with Crippen LogP contribution < -0.4 is 10.0 Å². The fraction of sp³-hybridized carbons (Fsp3) is 0.533. The summed E-state index contributed by atoms with van der Waals surface area (Å²) in [7, 11) is -1.94. The lowest BCUT2D eigenvalue weighted by Crippen LogP contribution is -2.47. The molecule has 1 fully saturated rings. The molecule has 1 aliphatic rings. The van der Waals surface area contributed by atoms with Gasteiger partial charge in [0.05, 0.1) is 23.1 Å². The van der Waals surface area contributed by atoms with Crippen LogP contribution in [0.3, 0.4) is 0 Å². The van der Waals surface area contributed by atoms with Crippen molar-refractivity contribution in [2.75, 3.05) is 33.4 Å². The Morgan fingerprint density at radius 1 is 1.30 bits per heavy atom. The highest BCUT2D eigenvalue weighted by molar-refractivity contribution is 7.89. The predicted molar refractivity (Wildman–Crippen MR) is 90.0 cm³/mol. The minimum atomic E-state index is -3.58. The van der Waals surface area contributed by atoms with Gasteiger partial charge in [0, 0.05) is 19.1 Å².